The van der Waals surface area contributed by atoms with Gasteiger partial charge in [0.15, 0.2) is 0 Å². The minimum Gasteiger partial charge on any atom is -0.322 e. The molecule has 0 aromatic heterocycles. The maximum Gasteiger partial charge on any atom is 0.361 e. The average molecular weight is 268 g/mol. The zero-order valence-electron chi connectivity index (χ0n) is 10.7. The van der Waals surface area contributed by atoms with Gasteiger partial charge in [0.25, 0.3) is 0 Å². The molecule has 0 aromatic carbocycles. The number of carbonyl (C=O) groups excluding carboxylic acids is 1. The first-order valence-electron chi connectivity index (χ1n) is 5.67. The van der Waals surface area contributed by atoms with Crippen LogP contribution < -0.4 is 0 Å². The second-order valence-corrected chi connectivity index (χ2v) is 5.76. The molecule has 0 bridgehead atoms. The van der Waals surface area contributed by atoms with E-state index in [0.29, 0.717) is 12.8 Å². The molecule has 0 rings (SSSR count). The van der Waals surface area contributed by atoms with Crippen molar-refractivity contribution in [3.63, 3.8) is 0 Å². The minimum atomic E-state index is -4.55. The molecule has 0 aliphatic rings. The summed E-state index contributed by atoms with van der Waals surface area (Å²) in [4.78, 5) is 38.9. The van der Waals surface area contributed by atoms with Crippen molar-refractivity contribution in [2.75, 3.05) is 0 Å². The van der Waals surface area contributed by atoms with Crippen molar-refractivity contribution < 1.29 is 28.9 Å². The summed E-state index contributed by atoms with van der Waals surface area (Å²) >= 11 is 0. The van der Waals surface area contributed by atoms with Crippen LogP contribution in [0.3, 0.4) is 0 Å². The fraction of sp³-hybridized carbons (Fsp3) is 0.900. The van der Waals surface area contributed by atoms with E-state index in [1.165, 1.54) is 0 Å². The van der Waals surface area contributed by atoms with E-state index in [-0.39, 0.29) is 12.3 Å². The van der Waals surface area contributed by atoms with Gasteiger partial charge in [-0.25, -0.2) is 4.79 Å². The van der Waals surface area contributed by atoms with Crippen LogP contribution in [0.25, 0.3) is 0 Å². The highest BCUT2D eigenvalue weighted by Crippen LogP contribution is 2.58. The van der Waals surface area contributed by atoms with Crippen molar-refractivity contribution >= 4 is 13.6 Å². The van der Waals surface area contributed by atoms with Crippen LogP contribution in [0.1, 0.15) is 47.0 Å². The monoisotopic (exact) mass is 268 g/mol. The first kappa shape index (κ1) is 16.6. The van der Waals surface area contributed by atoms with Gasteiger partial charge in [0.05, 0.1) is 0 Å². The Morgan fingerprint density at radius 1 is 1.29 bits per heavy atom. The number of hydrogen-bond donors (Lipinski definition) is 2. The van der Waals surface area contributed by atoms with Gasteiger partial charge in [0.1, 0.15) is 0 Å². The van der Waals surface area contributed by atoms with Crippen LogP contribution in [0, 0.1) is 5.92 Å². The van der Waals surface area contributed by atoms with Gasteiger partial charge in [0, 0.05) is 12.8 Å². The number of hydrogen-bond acceptors (Lipinski definition) is 4. The molecule has 6 nitrogen and oxygen atoms in total. The summed E-state index contributed by atoms with van der Waals surface area (Å²) in [5.74, 6) is -1.12. The predicted octanol–water partition coefficient (Wildman–Crippen LogP) is 2.20. The Bertz CT molecular complexity index is 295. The summed E-state index contributed by atoms with van der Waals surface area (Å²) in [7, 11) is -4.55. The average Bonchev–Trinajstić information content (AvgIpc) is 2.22. The van der Waals surface area contributed by atoms with E-state index in [9.17, 15) is 19.1 Å². The summed E-state index contributed by atoms with van der Waals surface area (Å²) in [5, 5.41) is -1.75. The van der Waals surface area contributed by atoms with E-state index in [1.54, 1.807) is 6.92 Å². The van der Waals surface area contributed by atoms with Gasteiger partial charge in [0.2, 0.25) is 5.34 Å². The molecule has 0 fully saturated rings. The third kappa shape index (κ3) is 3.78. The Labute approximate surface area is 101 Å². The standard InChI is InChI=1S/C10H21O6P/c1-5-9(6-2)10(7-3,17(12,13)14)16-15-8(4)11/h9H,5-7H2,1-4H3,(H2,12,13,14). The zero-order chi connectivity index (χ0) is 13.7. The molecule has 0 heterocycles. The summed E-state index contributed by atoms with van der Waals surface area (Å²) in [6.45, 7) is 6.34. The Balaban J connectivity index is 5.29. The van der Waals surface area contributed by atoms with Gasteiger partial charge in [-0.05, 0) is 19.3 Å². The van der Waals surface area contributed by atoms with E-state index in [1.807, 2.05) is 13.8 Å². The lowest BCUT2D eigenvalue weighted by atomic mass is 9.94. The third-order valence-electron chi connectivity index (χ3n) is 2.93. The lowest BCUT2D eigenvalue weighted by molar-refractivity contribution is -0.324. The molecule has 0 spiro atoms. The van der Waals surface area contributed by atoms with Crippen molar-refractivity contribution in [1.82, 2.24) is 0 Å². The van der Waals surface area contributed by atoms with Crippen LogP contribution >= 0.6 is 7.60 Å². The molecule has 17 heavy (non-hydrogen) atoms. The van der Waals surface area contributed by atoms with Gasteiger partial charge < -0.3 is 9.79 Å². The van der Waals surface area contributed by atoms with Crippen molar-refractivity contribution in [2.45, 2.75) is 52.3 Å². The molecule has 102 valence electrons. The largest absolute Gasteiger partial charge is 0.361 e. The first-order valence-corrected chi connectivity index (χ1v) is 7.28. The summed E-state index contributed by atoms with van der Waals surface area (Å²) in [5.41, 5.74) is 0. The molecular weight excluding hydrogens is 247 g/mol. The van der Waals surface area contributed by atoms with Crippen LogP contribution in [0.4, 0.5) is 0 Å². The van der Waals surface area contributed by atoms with E-state index in [0.717, 1.165) is 6.92 Å². The van der Waals surface area contributed by atoms with Crippen molar-refractivity contribution in [1.29, 1.82) is 0 Å². The van der Waals surface area contributed by atoms with Crippen molar-refractivity contribution in [2.24, 2.45) is 5.92 Å². The lowest BCUT2D eigenvalue weighted by Crippen LogP contribution is -2.40. The topological polar surface area (TPSA) is 93.1 Å². The first-order chi connectivity index (χ1) is 7.75. The van der Waals surface area contributed by atoms with Crippen LogP contribution in [-0.2, 0) is 19.1 Å². The quantitative estimate of drug-likeness (QED) is 0.417. The predicted molar refractivity (Wildman–Crippen MR) is 62.0 cm³/mol. The van der Waals surface area contributed by atoms with Gasteiger partial charge in [-0.1, -0.05) is 20.8 Å². The van der Waals surface area contributed by atoms with Gasteiger partial charge >= 0.3 is 13.6 Å². The molecule has 0 saturated heterocycles. The molecule has 0 aliphatic carbocycles. The Kier molecular flexibility index (Phi) is 6.34. The van der Waals surface area contributed by atoms with E-state index in [2.05, 4.69) is 4.89 Å². The Morgan fingerprint density at radius 3 is 2.00 bits per heavy atom. The molecule has 7 heteroatoms. The fourth-order valence-corrected chi connectivity index (χ4v) is 3.35. The second kappa shape index (κ2) is 6.50. The summed E-state index contributed by atoms with van der Waals surface area (Å²) in [6.07, 6.45) is 1.12. The molecule has 1 atom stereocenters. The highest BCUT2D eigenvalue weighted by Gasteiger charge is 2.53. The highest BCUT2D eigenvalue weighted by atomic mass is 31.2. The van der Waals surface area contributed by atoms with Crippen LogP contribution in [0.15, 0.2) is 0 Å². The maximum atomic E-state index is 11.6. The SMILES string of the molecule is CCC(CC)C(CC)(OOC(C)=O)P(=O)(O)O. The maximum absolute atomic E-state index is 11.6. The van der Waals surface area contributed by atoms with Crippen molar-refractivity contribution in [3.8, 4) is 0 Å². The molecule has 2 N–H and O–H groups in total. The normalized spacial score (nSPS) is 15.7. The molecule has 0 radical (unpaired) electrons. The molecule has 1 unspecified atom stereocenters. The van der Waals surface area contributed by atoms with Crippen LogP contribution in [0.5, 0.6) is 0 Å². The molecule has 0 saturated carbocycles. The van der Waals surface area contributed by atoms with Gasteiger partial charge in [-0.15, -0.1) is 0 Å². The van der Waals surface area contributed by atoms with Crippen molar-refractivity contribution in [3.05, 3.63) is 0 Å². The third-order valence-corrected chi connectivity index (χ3v) is 4.67. The Hall–Kier alpha value is -0.420. The number of carbonyl (C=O) groups is 1. The zero-order valence-corrected chi connectivity index (χ0v) is 11.6. The summed E-state index contributed by atoms with van der Waals surface area (Å²) < 4.78 is 11.6. The van der Waals surface area contributed by atoms with Gasteiger partial charge in [-0.2, -0.15) is 4.89 Å². The smallest absolute Gasteiger partial charge is 0.322 e. The molecular formula is C10H21O6P. The van der Waals surface area contributed by atoms with E-state index >= 15 is 0 Å². The number of rotatable bonds is 7. The van der Waals surface area contributed by atoms with E-state index < -0.39 is 18.9 Å². The Morgan fingerprint density at radius 2 is 1.76 bits per heavy atom. The summed E-state index contributed by atoms with van der Waals surface area (Å²) in [6, 6.07) is 0. The molecule has 0 amide bonds. The van der Waals surface area contributed by atoms with Crippen LogP contribution in [0.2, 0.25) is 0 Å². The molecule has 0 aliphatic heterocycles. The van der Waals surface area contributed by atoms with Crippen LogP contribution in [-0.4, -0.2) is 21.1 Å². The minimum absolute atomic E-state index is 0.0664. The molecule has 0 aromatic rings. The second-order valence-electron chi connectivity index (χ2n) is 3.91. The lowest BCUT2D eigenvalue weighted by Gasteiger charge is -2.36. The highest BCUT2D eigenvalue weighted by molar-refractivity contribution is 7.53. The van der Waals surface area contributed by atoms with Gasteiger partial charge in [-0.3, -0.25) is 9.45 Å². The van der Waals surface area contributed by atoms with E-state index in [4.69, 9.17) is 4.89 Å². The fourth-order valence-electron chi connectivity index (χ4n) is 1.97.